The largest absolute Gasteiger partial charge is 0.397 e. The highest BCUT2D eigenvalue weighted by Gasteiger charge is 2.58. The van der Waals surface area contributed by atoms with Gasteiger partial charge in [0.2, 0.25) is 0 Å². The summed E-state index contributed by atoms with van der Waals surface area (Å²) >= 11 is 0. The van der Waals surface area contributed by atoms with E-state index in [1.165, 1.54) is 6.42 Å². The normalized spacial score (nSPS) is 27.5. The average molecular weight is 1120 g/mol. The van der Waals surface area contributed by atoms with Crippen LogP contribution in [0.5, 0.6) is 0 Å². The topological polar surface area (TPSA) is 491 Å². The summed E-state index contributed by atoms with van der Waals surface area (Å²) in [6, 6.07) is 0. The molecule has 2 aliphatic rings. The van der Waals surface area contributed by atoms with Crippen molar-refractivity contribution in [3.63, 3.8) is 0 Å². The van der Waals surface area contributed by atoms with Crippen LogP contribution >= 0.6 is 0 Å². The van der Waals surface area contributed by atoms with Gasteiger partial charge in [-0.25, -0.2) is 29.3 Å². The van der Waals surface area contributed by atoms with Crippen molar-refractivity contribution in [3.8, 4) is 0 Å². The maximum Gasteiger partial charge on any atom is 0.397 e. The van der Waals surface area contributed by atoms with Gasteiger partial charge in [0.25, 0.3) is 0 Å². The summed E-state index contributed by atoms with van der Waals surface area (Å²) < 4.78 is 289. The first-order valence-corrected chi connectivity index (χ1v) is 28.3. The Morgan fingerprint density at radius 1 is 0.379 bits per heavy atom. The molecular formula is C26H50O33S7. The van der Waals surface area contributed by atoms with Crippen LogP contribution in [-0.2, 0) is 126 Å². The Labute approximate surface area is 380 Å². The van der Waals surface area contributed by atoms with Crippen molar-refractivity contribution >= 4 is 72.8 Å². The molecule has 2 aliphatic heterocycles. The van der Waals surface area contributed by atoms with Crippen LogP contribution in [0.3, 0.4) is 0 Å². The maximum atomic E-state index is 12.2. The number of unbranched alkanes of at least 4 members (excludes halogenated alkanes) is 9. The highest BCUT2D eigenvalue weighted by atomic mass is 32.3. The highest BCUT2D eigenvalue weighted by molar-refractivity contribution is 7.82. The molecule has 0 aromatic heterocycles. The van der Waals surface area contributed by atoms with E-state index >= 15 is 0 Å². The van der Waals surface area contributed by atoms with E-state index < -0.39 is 154 Å². The molecule has 2 fully saturated rings. The summed E-state index contributed by atoms with van der Waals surface area (Å²) in [6.07, 6.45) is -19.3. The summed E-state index contributed by atoms with van der Waals surface area (Å²) in [6.45, 7) is -2.26. The summed E-state index contributed by atoms with van der Waals surface area (Å²) in [5.74, 6) is 0. The first kappa shape index (κ1) is 61.0. The molecule has 0 amide bonds. The van der Waals surface area contributed by atoms with Crippen molar-refractivity contribution in [1.29, 1.82) is 0 Å². The quantitative estimate of drug-likeness (QED) is 0.0286. The van der Waals surface area contributed by atoms with Crippen LogP contribution in [0.4, 0.5) is 0 Å². The molecule has 0 radical (unpaired) electrons. The first-order valence-electron chi connectivity index (χ1n) is 18.7. The van der Waals surface area contributed by atoms with Crippen molar-refractivity contribution in [1.82, 2.24) is 0 Å². The van der Waals surface area contributed by atoms with E-state index in [2.05, 4.69) is 36.2 Å². The molecule has 2 saturated heterocycles. The lowest BCUT2D eigenvalue weighted by Gasteiger charge is -2.48. The number of hydrogen-bond donors (Lipinski definition) is 7. The Morgan fingerprint density at radius 2 is 0.727 bits per heavy atom. The molecule has 0 aliphatic carbocycles. The summed E-state index contributed by atoms with van der Waals surface area (Å²) in [4.78, 5) is 0. The second-order valence-electron chi connectivity index (χ2n) is 13.7. The van der Waals surface area contributed by atoms with Gasteiger partial charge in [0.05, 0.1) is 26.4 Å². The van der Waals surface area contributed by atoms with Crippen molar-refractivity contribution in [2.75, 3.05) is 33.0 Å². The van der Waals surface area contributed by atoms with Crippen LogP contribution in [0.1, 0.15) is 71.1 Å². The van der Waals surface area contributed by atoms with Crippen molar-refractivity contribution in [2.45, 2.75) is 133 Å². The Hall–Kier alpha value is -1.11. The van der Waals surface area contributed by atoms with Gasteiger partial charge < -0.3 is 23.7 Å². The van der Waals surface area contributed by atoms with E-state index in [1.54, 1.807) is 0 Å². The summed E-state index contributed by atoms with van der Waals surface area (Å²) in [7, 11) is -41.4. The second kappa shape index (κ2) is 26.4. The minimum atomic E-state index is -6.12. The lowest BCUT2D eigenvalue weighted by Crippen LogP contribution is -2.67. The number of hydrogen-bond acceptors (Lipinski definition) is 26. The van der Waals surface area contributed by atoms with Gasteiger partial charge in [-0.15, -0.1) is 0 Å². The molecule has 0 saturated carbocycles. The van der Waals surface area contributed by atoms with E-state index in [1.807, 2.05) is 0 Å². The van der Waals surface area contributed by atoms with Crippen molar-refractivity contribution < 1.29 is 144 Å². The standard InChI is InChI=1S/C26H50O33S7/c1-2-3-4-5-6-7-8-9-10-11-12-48-13-14-49-25-23(58-65(42,43)44)21(56-63(36,37)38)19(17(52-25)15-50-60(27,28)29)54-26-24(59-66(45,46)47)22(57-64(39,40)41)20(55-62(33,34)35)18(53-26)16-51-61(30,31)32/h17-26H,2-16H2,1H3,(H,27,28,29)(H,30,31,32)(H,33,34,35)(H,36,37,38)(H,39,40,41)(H,42,43,44)(H,45,46,47)/t17-,18-,19-,20+,21+,22+,23-,24-,25-,26+/m1/s1. The zero-order valence-electron chi connectivity index (χ0n) is 34.0. The van der Waals surface area contributed by atoms with Crippen LogP contribution in [0.25, 0.3) is 0 Å². The van der Waals surface area contributed by atoms with E-state index in [4.69, 9.17) is 28.2 Å². The third kappa shape index (κ3) is 26.2. The molecule has 40 heteroatoms. The van der Waals surface area contributed by atoms with E-state index in [0.717, 1.165) is 51.4 Å². The minimum Gasteiger partial charge on any atom is -0.379 e. The SMILES string of the molecule is CCCCCCCCCCCCOCCO[C@@H]1O[C@H](COS(=O)(=O)O)[C@@H](O[C@@H]2O[C@H](COS(=O)(=O)O)[C@H](OS(=O)(=O)O)[C@H](OS(=O)(=O)O)[C@H]2OS(=O)(=O)O)[C@H](OS(=O)(=O)O)[C@H]1OS(=O)(=O)O. The van der Waals surface area contributed by atoms with Gasteiger partial charge >= 0.3 is 72.8 Å². The van der Waals surface area contributed by atoms with Crippen molar-refractivity contribution in [2.24, 2.45) is 0 Å². The Morgan fingerprint density at radius 3 is 1.15 bits per heavy atom. The van der Waals surface area contributed by atoms with Gasteiger partial charge in [-0.05, 0) is 6.42 Å². The van der Waals surface area contributed by atoms with Gasteiger partial charge in [0.1, 0.15) is 36.6 Å². The van der Waals surface area contributed by atoms with Crippen LogP contribution in [-0.4, -0.2) is 185 Å². The van der Waals surface area contributed by atoms with Crippen LogP contribution in [0.2, 0.25) is 0 Å². The molecule has 10 atom stereocenters. The molecule has 394 valence electrons. The smallest absolute Gasteiger partial charge is 0.379 e. The molecule has 0 aromatic carbocycles. The van der Waals surface area contributed by atoms with Crippen LogP contribution in [0.15, 0.2) is 0 Å². The zero-order chi connectivity index (χ0) is 50.4. The molecule has 2 rings (SSSR count). The molecule has 2 heterocycles. The predicted molar refractivity (Wildman–Crippen MR) is 208 cm³/mol. The van der Waals surface area contributed by atoms with Crippen LogP contribution < -0.4 is 0 Å². The van der Waals surface area contributed by atoms with E-state index in [9.17, 15) is 86.2 Å². The van der Waals surface area contributed by atoms with Crippen molar-refractivity contribution in [3.05, 3.63) is 0 Å². The molecular weight excluding hydrogens is 1060 g/mol. The molecule has 0 bridgehead atoms. The van der Waals surface area contributed by atoms with Gasteiger partial charge in [0, 0.05) is 6.61 Å². The monoisotopic (exact) mass is 1110 g/mol. The molecule has 66 heavy (non-hydrogen) atoms. The van der Waals surface area contributed by atoms with Gasteiger partial charge in [-0.3, -0.25) is 31.9 Å². The van der Waals surface area contributed by atoms with Gasteiger partial charge in [0.15, 0.2) is 24.8 Å². The average Bonchev–Trinajstić information content (AvgIpc) is 3.11. The second-order valence-corrected chi connectivity index (χ2v) is 21.1. The third-order valence-electron chi connectivity index (χ3n) is 8.55. The molecule has 0 unspecified atom stereocenters. The highest BCUT2D eigenvalue weighted by Crippen LogP contribution is 2.37. The molecule has 0 spiro atoms. The Balaban J connectivity index is 2.63. The molecule has 7 N–H and O–H groups in total. The van der Waals surface area contributed by atoms with Gasteiger partial charge in [-0.1, -0.05) is 64.7 Å². The van der Waals surface area contributed by atoms with E-state index in [-0.39, 0.29) is 13.2 Å². The number of ether oxygens (including phenoxy) is 5. The third-order valence-corrected chi connectivity index (χ3v) is 11.7. The van der Waals surface area contributed by atoms with Gasteiger partial charge in [-0.2, -0.15) is 58.9 Å². The lowest BCUT2D eigenvalue weighted by molar-refractivity contribution is -0.348. The van der Waals surface area contributed by atoms with E-state index in [0.29, 0.717) is 6.42 Å². The molecule has 33 nitrogen and oxygen atoms in total. The minimum absolute atomic E-state index is 0.147. The Bertz CT molecular complexity index is 2290. The summed E-state index contributed by atoms with van der Waals surface area (Å²) in [5.41, 5.74) is 0. The number of rotatable bonds is 33. The zero-order valence-corrected chi connectivity index (χ0v) is 39.7. The lowest BCUT2D eigenvalue weighted by atomic mass is 9.97. The fraction of sp³-hybridized carbons (Fsp3) is 1.00. The molecule has 0 aromatic rings. The summed E-state index contributed by atoms with van der Waals surface area (Å²) in [5, 5.41) is 0. The first-order chi connectivity index (χ1) is 30.1. The fourth-order valence-corrected chi connectivity index (χ4v) is 9.24. The Kier molecular flexibility index (Phi) is 24.4. The van der Waals surface area contributed by atoms with Crippen LogP contribution in [0, 0.1) is 0 Å². The maximum absolute atomic E-state index is 12.2. The fourth-order valence-electron chi connectivity index (χ4n) is 6.15. The predicted octanol–water partition coefficient (Wildman–Crippen LogP) is -1.65.